The number of nitrogens with zero attached hydrogens (tertiary/aromatic N) is 2. The summed E-state index contributed by atoms with van der Waals surface area (Å²) in [4.78, 5) is 12.8. The van der Waals surface area contributed by atoms with Crippen LogP contribution in [0.5, 0.6) is 0 Å². The number of aromatic amines is 1. The highest BCUT2D eigenvalue weighted by molar-refractivity contribution is 5.94. The highest BCUT2D eigenvalue weighted by Gasteiger charge is 2.31. The van der Waals surface area contributed by atoms with Gasteiger partial charge in [-0.25, -0.2) is 4.39 Å². The van der Waals surface area contributed by atoms with Crippen LogP contribution >= 0.6 is 0 Å². The number of nitrogens with one attached hydrogen (secondary N) is 1. The van der Waals surface area contributed by atoms with Gasteiger partial charge in [-0.1, -0.05) is 0 Å². The normalized spacial score (nSPS) is 17.6. The SMILES string of the molecule is O=C(c1cn[nH]c1)N1CC(F)C1. The second-order valence-electron chi connectivity index (χ2n) is 2.79. The van der Waals surface area contributed by atoms with E-state index in [-0.39, 0.29) is 19.0 Å². The van der Waals surface area contributed by atoms with Crippen LogP contribution in [-0.2, 0) is 0 Å². The molecule has 0 atom stereocenters. The van der Waals surface area contributed by atoms with Crippen molar-refractivity contribution < 1.29 is 9.18 Å². The lowest BCUT2D eigenvalue weighted by atomic mass is 10.1. The largest absolute Gasteiger partial charge is 0.333 e. The van der Waals surface area contributed by atoms with Crippen LogP contribution in [0.1, 0.15) is 10.4 Å². The van der Waals surface area contributed by atoms with Crippen molar-refractivity contribution in [2.24, 2.45) is 0 Å². The monoisotopic (exact) mass is 169 g/mol. The van der Waals surface area contributed by atoms with Gasteiger partial charge in [0.15, 0.2) is 0 Å². The summed E-state index contributed by atoms with van der Waals surface area (Å²) in [6.45, 7) is 0.425. The summed E-state index contributed by atoms with van der Waals surface area (Å²) in [5.41, 5.74) is 0.488. The summed E-state index contributed by atoms with van der Waals surface area (Å²) in [6.07, 6.45) is 2.10. The molecule has 1 aromatic rings. The molecule has 0 bridgehead atoms. The molecule has 0 saturated carbocycles. The standard InChI is InChI=1S/C7H8FN3O/c8-6-3-11(4-6)7(12)5-1-9-10-2-5/h1-2,6H,3-4H2,(H,9,10). The van der Waals surface area contributed by atoms with E-state index in [4.69, 9.17) is 0 Å². The minimum atomic E-state index is -0.846. The van der Waals surface area contributed by atoms with Crippen LogP contribution in [0.3, 0.4) is 0 Å². The number of H-pyrrole nitrogens is 1. The van der Waals surface area contributed by atoms with Crippen molar-refractivity contribution in [2.45, 2.75) is 6.17 Å². The first-order chi connectivity index (χ1) is 5.77. The van der Waals surface area contributed by atoms with Crippen molar-refractivity contribution in [1.29, 1.82) is 0 Å². The van der Waals surface area contributed by atoms with Gasteiger partial charge in [-0.05, 0) is 0 Å². The van der Waals surface area contributed by atoms with Crippen LogP contribution < -0.4 is 0 Å². The maximum Gasteiger partial charge on any atom is 0.257 e. The van der Waals surface area contributed by atoms with Crippen molar-refractivity contribution >= 4 is 5.91 Å². The van der Waals surface area contributed by atoms with Crippen LogP contribution in [0.4, 0.5) is 4.39 Å². The Morgan fingerprint density at radius 1 is 1.75 bits per heavy atom. The number of amides is 1. The van der Waals surface area contributed by atoms with E-state index in [1.807, 2.05) is 0 Å². The van der Waals surface area contributed by atoms with Gasteiger partial charge in [0.1, 0.15) is 6.17 Å². The first kappa shape index (κ1) is 7.27. The van der Waals surface area contributed by atoms with Crippen molar-refractivity contribution in [3.63, 3.8) is 0 Å². The lowest BCUT2D eigenvalue weighted by molar-refractivity contribution is 0.0400. The smallest absolute Gasteiger partial charge is 0.257 e. The Balaban J connectivity index is 2.03. The molecule has 2 rings (SSSR count). The Kier molecular flexibility index (Phi) is 1.56. The second-order valence-corrected chi connectivity index (χ2v) is 2.79. The van der Waals surface area contributed by atoms with Gasteiger partial charge >= 0.3 is 0 Å². The van der Waals surface area contributed by atoms with Crippen molar-refractivity contribution in [1.82, 2.24) is 15.1 Å². The molecular weight excluding hydrogens is 161 g/mol. The molecule has 1 aliphatic heterocycles. The molecule has 64 valence electrons. The van der Waals surface area contributed by atoms with E-state index in [2.05, 4.69) is 10.2 Å². The maximum absolute atomic E-state index is 12.4. The first-order valence-corrected chi connectivity index (χ1v) is 3.69. The fourth-order valence-corrected chi connectivity index (χ4v) is 1.14. The average Bonchev–Trinajstić information content (AvgIpc) is 2.49. The van der Waals surface area contributed by atoms with Crippen molar-refractivity contribution in [3.8, 4) is 0 Å². The molecule has 12 heavy (non-hydrogen) atoms. The zero-order valence-corrected chi connectivity index (χ0v) is 6.33. The van der Waals surface area contributed by atoms with Gasteiger partial charge in [-0.15, -0.1) is 0 Å². The minimum absolute atomic E-state index is 0.155. The van der Waals surface area contributed by atoms with Crippen LogP contribution in [0.2, 0.25) is 0 Å². The van der Waals surface area contributed by atoms with Crippen LogP contribution in [0.15, 0.2) is 12.4 Å². The summed E-state index contributed by atoms with van der Waals surface area (Å²) in [5, 5.41) is 6.17. The summed E-state index contributed by atoms with van der Waals surface area (Å²) < 4.78 is 12.4. The third-order valence-electron chi connectivity index (χ3n) is 1.87. The predicted molar refractivity (Wildman–Crippen MR) is 39.4 cm³/mol. The number of aromatic nitrogens is 2. The van der Waals surface area contributed by atoms with Gasteiger partial charge < -0.3 is 4.90 Å². The molecule has 1 N–H and O–H groups in total. The molecule has 1 aromatic heterocycles. The molecule has 0 aromatic carbocycles. The van der Waals surface area contributed by atoms with Gasteiger partial charge in [0, 0.05) is 6.20 Å². The summed E-state index contributed by atoms with van der Waals surface area (Å²) in [5.74, 6) is -0.155. The van der Waals surface area contributed by atoms with Gasteiger partial charge in [0.2, 0.25) is 0 Å². The number of halogens is 1. The molecule has 1 aliphatic rings. The highest BCUT2D eigenvalue weighted by atomic mass is 19.1. The Bertz CT molecular complexity index is 279. The zero-order chi connectivity index (χ0) is 8.55. The number of carbonyl (C=O) groups is 1. The molecule has 1 amide bonds. The Morgan fingerprint density at radius 3 is 3.00 bits per heavy atom. The fourth-order valence-electron chi connectivity index (χ4n) is 1.14. The van der Waals surface area contributed by atoms with E-state index in [1.165, 1.54) is 17.3 Å². The fraction of sp³-hybridized carbons (Fsp3) is 0.429. The van der Waals surface area contributed by atoms with Gasteiger partial charge in [-0.2, -0.15) is 5.10 Å². The summed E-state index contributed by atoms with van der Waals surface area (Å²) >= 11 is 0. The molecular formula is C7H8FN3O. The van der Waals surface area contributed by atoms with Gasteiger partial charge in [0.25, 0.3) is 5.91 Å². The average molecular weight is 169 g/mol. The molecule has 0 unspecified atom stereocenters. The van der Waals surface area contributed by atoms with E-state index in [0.29, 0.717) is 5.56 Å². The van der Waals surface area contributed by atoms with Crippen molar-refractivity contribution in [3.05, 3.63) is 18.0 Å². The van der Waals surface area contributed by atoms with Crippen LogP contribution in [0, 0.1) is 0 Å². The lowest BCUT2D eigenvalue weighted by Gasteiger charge is -2.33. The second kappa shape index (κ2) is 2.58. The zero-order valence-electron chi connectivity index (χ0n) is 6.33. The van der Waals surface area contributed by atoms with Gasteiger partial charge in [0.05, 0.1) is 24.8 Å². The minimum Gasteiger partial charge on any atom is -0.333 e. The Labute approximate surface area is 68.4 Å². The van der Waals surface area contributed by atoms with E-state index in [0.717, 1.165) is 0 Å². The highest BCUT2D eigenvalue weighted by Crippen LogP contribution is 2.14. The molecule has 5 heteroatoms. The van der Waals surface area contributed by atoms with Gasteiger partial charge in [-0.3, -0.25) is 9.89 Å². The first-order valence-electron chi connectivity index (χ1n) is 3.69. The number of rotatable bonds is 1. The molecule has 0 radical (unpaired) electrons. The quantitative estimate of drug-likeness (QED) is 0.653. The lowest BCUT2D eigenvalue weighted by Crippen LogP contribution is -2.51. The molecule has 1 fully saturated rings. The predicted octanol–water partition coefficient (Wildman–Crippen LogP) is 0.204. The topological polar surface area (TPSA) is 49.0 Å². The number of carbonyl (C=O) groups excluding carboxylic acids is 1. The maximum atomic E-state index is 12.4. The third-order valence-corrected chi connectivity index (χ3v) is 1.87. The van der Waals surface area contributed by atoms with Crippen LogP contribution in [0.25, 0.3) is 0 Å². The van der Waals surface area contributed by atoms with E-state index >= 15 is 0 Å². The number of likely N-dealkylation sites (tertiary alicyclic amines) is 1. The van der Waals surface area contributed by atoms with E-state index < -0.39 is 6.17 Å². The number of alkyl halides is 1. The molecule has 2 heterocycles. The Hall–Kier alpha value is -1.39. The van der Waals surface area contributed by atoms with E-state index in [1.54, 1.807) is 0 Å². The number of hydrogen-bond donors (Lipinski definition) is 1. The van der Waals surface area contributed by atoms with E-state index in [9.17, 15) is 9.18 Å². The summed E-state index contributed by atoms with van der Waals surface area (Å²) in [7, 11) is 0. The molecule has 0 spiro atoms. The molecule has 0 aliphatic carbocycles. The summed E-state index contributed by atoms with van der Waals surface area (Å²) in [6, 6.07) is 0. The van der Waals surface area contributed by atoms with Crippen molar-refractivity contribution in [2.75, 3.05) is 13.1 Å². The Morgan fingerprint density at radius 2 is 2.50 bits per heavy atom. The number of hydrogen-bond acceptors (Lipinski definition) is 2. The molecule has 4 nitrogen and oxygen atoms in total. The third kappa shape index (κ3) is 1.07. The molecule has 1 saturated heterocycles. The van der Waals surface area contributed by atoms with Crippen LogP contribution in [-0.4, -0.2) is 40.3 Å².